The normalized spacial score (nSPS) is 22.2. The van der Waals surface area contributed by atoms with E-state index in [9.17, 15) is 4.39 Å². The van der Waals surface area contributed by atoms with Gasteiger partial charge in [0.05, 0.1) is 12.6 Å². The first-order valence-corrected chi connectivity index (χ1v) is 4.41. The predicted molar refractivity (Wildman–Crippen MR) is 47.6 cm³/mol. The van der Waals surface area contributed by atoms with Crippen LogP contribution in [0.15, 0.2) is 18.2 Å². The van der Waals surface area contributed by atoms with Gasteiger partial charge >= 0.3 is 0 Å². The first kappa shape index (κ1) is 8.66. The van der Waals surface area contributed by atoms with Crippen molar-refractivity contribution in [2.24, 2.45) is 0 Å². The van der Waals surface area contributed by atoms with Gasteiger partial charge in [-0.1, -0.05) is 17.7 Å². The summed E-state index contributed by atoms with van der Waals surface area (Å²) in [5.74, 6) is -0.159. The van der Waals surface area contributed by atoms with Gasteiger partial charge in [-0.25, -0.2) is 4.39 Å². The molecule has 0 saturated carbocycles. The first-order chi connectivity index (χ1) is 6.27. The molecule has 1 aromatic rings. The first-order valence-electron chi connectivity index (χ1n) is 4.41. The van der Waals surface area contributed by atoms with Crippen molar-refractivity contribution in [3.05, 3.63) is 35.1 Å². The maximum absolute atomic E-state index is 13.3. The van der Waals surface area contributed by atoms with Gasteiger partial charge in [-0.15, -0.1) is 0 Å². The van der Waals surface area contributed by atoms with Crippen LogP contribution in [0.5, 0.6) is 0 Å². The van der Waals surface area contributed by atoms with Crippen LogP contribution in [0.25, 0.3) is 0 Å². The van der Waals surface area contributed by atoms with E-state index in [1.54, 1.807) is 6.07 Å². The third-order valence-corrected chi connectivity index (χ3v) is 2.26. The molecule has 1 N–H and O–H groups in total. The Morgan fingerprint density at radius 3 is 3.08 bits per heavy atom. The fourth-order valence-electron chi connectivity index (χ4n) is 1.54. The molecule has 70 valence electrons. The predicted octanol–water partition coefficient (Wildman–Crippen LogP) is 2.10. The number of aryl methyl sites for hydroxylation is 1. The number of hydrogen-bond donors (Lipinski definition) is 1. The maximum Gasteiger partial charge on any atom is 0.128 e. The molecule has 0 radical (unpaired) electrons. The Bertz CT molecular complexity index is 308. The molecular weight excluding hydrogens is 169 g/mol. The third-order valence-electron chi connectivity index (χ3n) is 2.26. The molecule has 1 aliphatic heterocycles. The summed E-state index contributed by atoms with van der Waals surface area (Å²) in [5.41, 5.74) is 4.58. The Hall–Kier alpha value is -0.930. The highest BCUT2D eigenvalue weighted by Crippen LogP contribution is 2.24. The van der Waals surface area contributed by atoms with Crippen molar-refractivity contribution in [1.82, 2.24) is 5.48 Å². The van der Waals surface area contributed by atoms with Gasteiger partial charge in [0.1, 0.15) is 5.82 Å². The molecule has 13 heavy (non-hydrogen) atoms. The van der Waals surface area contributed by atoms with Crippen LogP contribution in [0.3, 0.4) is 0 Å². The van der Waals surface area contributed by atoms with E-state index in [1.807, 2.05) is 13.0 Å². The molecule has 1 aromatic carbocycles. The standard InChI is InChI=1S/C10H12FNO/c1-7-2-3-9(11)8(6-7)10-4-5-13-12-10/h2-3,6,10,12H,4-5H2,1H3. The average Bonchev–Trinajstić information content (AvgIpc) is 2.61. The second-order valence-electron chi connectivity index (χ2n) is 3.33. The molecule has 1 fully saturated rings. The van der Waals surface area contributed by atoms with Crippen LogP contribution in [0.2, 0.25) is 0 Å². The Labute approximate surface area is 76.7 Å². The van der Waals surface area contributed by atoms with Gasteiger partial charge in [-0.2, -0.15) is 5.48 Å². The number of hydrogen-bond acceptors (Lipinski definition) is 2. The molecule has 0 bridgehead atoms. The van der Waals surface area contributed by atoms with Crippen LogP contribution in [-0.2, 0) is 4.84 Å². The molecule has 0 aliphatic carbocycles. The van der Waals surface area contributed by atoms with E-state index in [0.717, 1.165) is 12.0 Å². The van der Waals surface area contributed by atoms with E-state index in [4.69, 9.17) is 4.84 Å². The van der Waals surface area contributed by atoms with Gasteiger partial charge in [0.25, 0.3) is 0 Å². The van der Waals surface area contributed by atoms with Crippen LogP contribution in [0.4, 0.5) is 4.39 Å². The second kappa shape index (κ2) is 3.44. The molecule has 2 nitrogen and oxygen atoms in total. The summed E-state index contributed by atoms with van der Waals surface area (Å²) >= 11 is 0. The fourth-order valence-corrected chi connectivity index (χ4v) is 1.54. The molecule has 0 aromatic heterocycles. The van der Waals surface area contributed by atoms with Gasteiger partial charge in [-0.05, 0) is 19.4 Å². The lowest BCUT2D eigenvalue weighted by Crippen LogP contribution is -2.13. The number of rotatable bonds is 1. The van der Waals surface area contributed by atoms with Crippen LogP contribution in [0.1, 0.15) is 23.6 Å². The van der Waals surface area contributed by atoms with E-state index < -0.39 is 0 Å². The average molecular weight is 181 g/mol. The zero-order valence-electron chi connectivity index (χ0n) is 7.51. The molecule has 0 spiro atoms. The van der Waals surface area contributed by atoms with Crippen molar-refractivity contribution in [2.45, 2.75) is 19.4 Å². The van der Waals surface area contributed by atoms with Crippen LogP contribution >= 0.6 is 0 Å². The summed E-state index contributed by atoms with van der Waals surface area (Å²) in [6.07, 6.45) is 0.834. The van der Waals surface area contributed by atoms with Crippen molar-refractivity contribution < 1.29 is 9.23 Å². The Morgan fingerprint density at radius 2 is 2.38 bits per heavy atom. The number of halogens is 1. The lowest BCUT2D eigenvalue weighted by molar-refractivity contribution is 0.0877. The lowest BCUT2D eigenvalue weighted by atomic mass is 10.0. The number of nitrogens with one attached hydrogen (secondary N) is 1. The molecule has 1 heterocycles. The number of hydroxylamine groups is 1. The molecule has 1 aliphatic rings. The summed E-state index contributed by atoms with van der Waals surface area (Å²) in [7, 11) is 0. The Kier molecular flexibility index (Phi) is 2.29. The van der Waals surface area contributed by atoms with Gasteiger partial charge in [0, 0.05) is 5.56 Å². The monoisotopic (exact) mass is 181 g/mol. The quantitative estimate of drug-likeness (QED) is 0.716. The van der Waals surface area contributed by atoms with E-state index in [2.05, 4.69) is 5.48 Å². The highest BCUT2D eigenvalue weighted by atomic mass is 19.1. The zero-order valence-corrected chi connectivity index (χ0v) is 7.51. The summed E-state index contributed by atoms with van der Waals surface area (Å²) in [6, 6.07) is 5.15. The van der Waals surface area contributed by atoms with E-state index >= 15 is 0 Å². The summed E-state index contributed by atoms with van der Waals surface area (Å²) in [6.45, 7) is 2.61. The van der Waals surface area contributed by atoms with Crippen LogP contribution < -0.4 is 5.48 Å². The van der Waals surface area contributed by atoms with Crippen molar-refractivity contribution >= 4 is 0 Å². The minimum Gasteiger partial charge on any atom is -0.301 e. The summed E-state index contributed by atoms with van der Waals surface area (Å²) < 4.78 is 13.3. The van der Waals surface area contributed by atoms with Gasteiger partial charge < -0.3 is 4.84 Å². The SMILES string of the molecule is Cc1ccc(F)c(C2CCON2)c1. The van der Waals surface area contributed by atoms with E-state index in [-0.39, 0.29) is 11.9 Å². The topological polar surface area (TPSA) is 21.3 Å². The third kappa shape index (κ3) is 1.71. The molecular formula is C10H12FNO. The van der Waals surface area contributed by atoms with Gasteiger partial charge in [0.2, 0.25) is 0 Å². The Morgan fingerprint density at radius 1 is 1.54 bits per heavy atom. The van der Waals surface area contributed by atoms with Crippen molar-refractivity contribution in [3.8, 4) is 0 Å². The van der Waals surface area contributed by atoms with Crippen molar-refractivity contribution in [1.29, 1.82) is 0 Å². The largest absolute Gasteiger partial charge is 0.301 e. The maximum atomic E-state index is 13.3. The lowest BCUT2D eigenvalue weighted by Gasteiger charge is -2.10. The fraction of sp³-hybridized carbons (Fsp3) is 0.400. The Balaban J connectivity index is 2.32. The summed E-state index contributed by atoms with van der Waals surface area (Å²) in [4.78, 5) is 4.99. The van der Waals surface area contributed by atoms with Gasteiger partial charge in [0.15, 0.2) is 0 Å². The molecule has 1 saturated heterocycles. The minimum absolute atomic E-state index is 0.0138. The zero-order chi connectivity index (χ0) is 9.26. The minimum atomic E-state index is -0.159. The number of benzene rings is 1. The summed E-state index contributed by atoms with van der Waals surface area (Å²) in [5, 5.41) is 0. The highest BCUT2D eigenvalue weighted by Gasteiger charge is 2.20. The van der Waals surface area contributed by atoms with Crippen LogP contribution in [0, 0.1) is 12.7 Å². The van der Waals surface area contributed by atoms with Gasteiger partial charge in [-0.3, -0.25) is 0 Å². The van der Waals surface area contributed by atoms with E-state index in [0.29, 0.717) is 12.2 Å². The van der Waals surface area contributed by atoms with E-state index in [1.165, 1.54) is 6.07 Å². The highest BCUT2D eigenvalue weighted by molar-refractivity contribution is 5.26. The molecule has 2 rings (SSSR count). The molecule has 1 atom stereocenters. The van der Waals surface area contributed by atoms with Crippen molar-refractivity contribution in [3.63, 3.8) is 0 Å². The molecule has 3 heteroatoms. The smallest absolute Gasteiger partial charge is 0.128 e. The van der Waals surface area contributed by atoms with Crippen molar-refractivity contribution in [2.75, 3.05) is 6.61 Å². The second-order valence-corrected chi connectivity index (χ2v) is 3.33. The van der Waals surface area contributed by atoms with Crippen LogP contribution in [-0.4, -0.2) is 6.61 Å². The molecule has 0 amide bonds. The molecule has 1 unspecified atom stereocenters.